The highest BCUT2D eigenvalue weighted by Crippen LogP contribution is 2.43. The van der Waals surface area contributed by atoms with Crippen LogP contribution in [0.5, 0.6) is 11.5 Å². The Labute approximate surface area is 236 Å². The summed E-state index contributed by atoms with van der Waals surface area (Å²) in [5.74, 6) is -0.239. The van der Waals surface area contributed by atoms with Crippen LogP contribution in [0.3, 0.4) is 0 Å². The lowest BCUT2D eigenvalue weighted by atomic mass is 9.80. The van der Waals surface area contributed by atoms with Crippen molar-refractivity contribution >= 4 is 11.7 Å². The van der Waals surface area contributed by atoms with Crippen molar-refractivity contribution < 1.29 is 33.1 Å². The quantitative estimate of drug-likeness (QED) is 0.129. The van der Waals surface area contributed by atoms with Crippen molar-refractivity contribution in [3.05, 3.63) is 135 Å². The average molecular weight is 558 g/mol. The minimum Gasteiger partial charge on any atom is -0.486 e. The van der Waals surface area contributed by atoms with Crippen molar-refractivity contribution in [1.82, 2.24) is 0 Å². The number of non-ortho nitro benzene ring substituents is 1. The molecule has 4 aromatic rings. The Morgan fingerprint density at radius 2 is 1.78 bits per heavy atom. The topological polar surface area (TPSA) is 97.1 Å². The first-order valence-electron chi connectivity index (χ1n) is 13.2. The van der Waals surface area contributed by atoms with Gasteiger partial charge in [0.1, 0.15) is 12.4 Å². The molecule has 0 aliphatic carbocycles. The van der Waals surface area contributed by atoms with Crippen LogP contribution in [-0.2, 0) is 21.5 Å². The Morgan fingerprint density at radius 3 is 2.54 bits per heavy atom. The Morgan fingerprint density at radius 1 is 0.976 bits per heavy atom. The number of hydrogen-bond acceptors (Lipinski definition) is 7. The number of halogens is 1. The van der Waals surface area contributed by atoms with Gasteiger partial charge in [-0.1, -0.05) is 54.6 Å². The van der Waals surface area contributed by atoms with E-state index in [2.05, 4.69) is 0 Å². The second-order valence-corrected chi connectivity index (χ2v) is 9.57. The Balaban J connectivity index is 1.64. The predicted molar refractivity (Wildman–Crippen MR) is 149 cm³/mol. The summed E-state index contributed by atoms with van der Waals surface area (Å²) in [7, 11) is 0. The van der Waals surface area contributed by atoms with E-state index in [9.17, 15) is 19.3 Å². The molecule has 0 aromatic heterocycles. The van der Waals surface area contributed by atoms with Gasteiger partial charge in [-0.05, 0) is 42.8 Å². The van der Waals surface area contributed by atoms with Crippen molar-refractivity contribution in [3.8, 4) is 11.5 Å². The first-order valence-corrected chi connectivity index (χ1v) is 13.2. The highest BCUT2D eigenvalue weighted by atomic mass is 19.1. The molecule has 1 heterocycles. The van der Waals surface area contributed by atoms with Gasteiger partial charge < -0.3 is 18.9 Å². The van der Waals surface area contributed by atoms with Crippen LogP contribution in [0.1, 0.15) is 34.0 Å². The number of fused-ring (bicyclic) bond motifs is 1. The van der Waals surface area contributed by atoms with Crippen LogP contribution in [0.2, 0.25) is 0 Å². The SMILES string of the molecule is CCOCC1COc2ccc(C(Cc3cccc(F)c3)(OC(=O)c3cccc([N+](=O)[O-])c3)c3ccccc3)cc2O1. The molecule has 41 heavy (non-hydrogen) atoms. The maximum Gasteiger partial charge on any atom is 0.339 e. The first kappa shape index (κ1) is 27.8. The van der Waals surface area contributed by atoms with Gasteiger partial charge in [0.15, 0.2) is 23.2 Å². The summed E-state index contributed by atoms with van der Waals surface area (Å²) < 4.78 is 38.3. The largest absolute Gasteiger partial charge is 0.486 e. The number of rotatable bonds is 10. The Bertz CT molecular complexity index is 1540. The smallest absolute Gasteiger partial charge is 0.339 e. The number of ether oxygens (including phenoxy) is 4. The van der Waals surface area contributed by atoms with Crippen molar-refractivity contribution in [2.75, 3.05) is 19.8 Å². The maximum atomic E-state index is 14.3. The zero-order chi connectivity index (χ0) is 28.8. The molecule has 0 bridgehead atoms. The van der Waals surface area contributed by atoms with Crippen LogP contribution >= 0.6 is 0 Å². The van der Waals surface area contributed by atoms with Gasteiger partial charge in [0.2, 0.25) is 0 Å². The molecule has 2 unspecified atom stereocenters. The molecule has 0 spiro atoms. The van der Waals surface area contributed by atoms with E-state index < -0.39 is 22.3 Å². The van der Waals surface area contributed by atoms with Gasteiger partial charge in [-0.3, -0.25) is 10.1 Å². The molecule has 0 N–H and O–H groups in total. The molecule has 9 heteroatoms. The van der Waals surface area contributed by atoms with Crippen LogP contribution in [0, 0.1) is 15.9 Å². The summed E-state index contributed by atoms with van der Waals surface area (Å²) in [6.07, 6.45) is -0.267. The third kappa shape index (κ3) is 6.20. The summed E-state index contributed by atoms with van der Waals surface area (Å²) in [6, 6.07) is 25.8. The minimum absolute atomic E-state index is 0.00747. The molecule has 5 rings (SSSR count). The third-order valence-corrected chi connectivity index (χ3v) is 6.78. The lowest BCUT2D eigenvalue weighted by Gasteiger charge is -2.36. The molecule has 2 atom stereocenters. The van der Waals surface area contributed by atoms with Crippen molar-refractivity contribution in [3.63, 3.8) is 0 Å². The molecular formula is C32H28FNO7. The van der Waals surface area contributed by atoms with Crippen LogP contribution in [0.4, 0.5) is 10.1 Å². The van der Waals surface area contributed by atoms with Crippen LogP contribution < -0.4 is 9.47 Å². The van der Waals surface area contributed by atoms with Gasteiger partial charge in [0.05, 0.1) is 17.1 Å². The summed E-state index contributed by atoms with van der Waals surface area (Å²) >= 11 is 0. The van der Waals surface area contributed by atoms with Crippen LogP contribution in [0.25, 0.3) is 0 Å². The van der Waals surface area contributed by atoms with E-state index in [4.69, 9.17) is 18.9 Å². The third-order valence-electron chi connectivity index (χ3n) is 6.78. The van der Waals surface area contributed by atoms with Crippen LogP contribution in [-0.4, -0.2) is 36.8 Å². The standard InChI is InChI=1S/C32H28FNO7/c1-2-38-20-28-21-39-29-15-14-25(18-30(29)40-28)32(24-10-4-3-5-11-24,19-22-8-6-12-26(33)16-22)41-31(35)23-9-7-13-27(17-23)34(36)37/h3-18,28H,2,19-21H2,1H3. The number of carbonyl (C=O) groups is 1. The summed E-state index contributed by atoms with van der Waals surface area (Å²) in [5.41, 5.74) is 0.0336. The molecule has 0 fully saturated rings. The molecule has 8 nitrogen and oxygen atoms in total. The highest BCUT2D eigenvalue weighted by Gasteiger charge is 2.40. The number of carbonyl (C=O) groups excluding carboxylic acids is 1. The van der Waals surface area contributed by atoms with Gasteiger partial charge in [0, 0.05) is 36.3 Å². The highest BCUT2D eigenvalue weighted by molar-refractivity contribution is 5.90. The molecule has 4 aromatic carbocycles. The van der Waals surface area contributed by atoms with E-state index in [-0.39, 0.29) is 23.8 Å². The van der Waals surface area contributed by atoms with Gasteiger partial charge in [-0.25, -0.2) is 9.18 Å². The van der Waals surface area contributed by atoms with Gasteiger partial charge in [0.25, 0.3) is 5.69 Å². The van der Waals surface area contributed by atoms with Crippen LogP contribution in [0.15, 0.2) is 97.1 Å². The molecular weight excluding hydrogens is 529 g/mol. The van der Waals surface area contributed by atoms with E-state index >= 15 is 0 Å². The fourth-order valence-electron chi connectivity index (χ4n) is 4.83. The molecule has 0 saturated heterocycles. The monoisotopic (exact) mass is 557 g/mol. The number of benzene rings is 4. The van der Waals surface area contributed by atoms with E-state index in [1.165, 1.54) is 36.4 Å². The van der Waals surface area contributed by atoms with E-state index in [1.54, 1.807) is 30.3 Å². The Hall–Kier alpha value is -4.76. The molecule has 210 valence electrons. The lowest BCUT2D eigenvalue weighted by Crippen LogP contribution is -2.37. The number of nitro benzene ring substituents is 1. The van der Waals surface area contributed by atoms with Crippen molar-refractivity contribution in [1.29, 1.82) is 0 Å². The molecule has 0 amide bonds. The van der Waals surface area contributed by atoms with Gasteiger partial charge in [-0.15, -0.1) is 0 Å². The predicted octanol–water partition coefficient (Wildman–Crippen LogP) is 6.25. The molecule has 1 aliphatic heterocycles. The molecule has 0 radical (unpaired) electrons. The number of nitrogens with zero attached hydrogens (tertiary/aromatic N) is 1. The van der Waals surface area contributed by atoms with Gasteiger partial charge >= 0.3 is 5.97 Å². The fraction of sp³-hybridized carbons (Fsp3) is 0.219. The zero-order valence-corrected chi connectivity index (χ0v) is 22.3. The summed E-state index contributed by atoms with van der Waals surface area (Å²) in [4.78, 5) is 24.5. The minimum atomic E-state index is -1.47. The molecule has 1 aliphatic rings. The maximum absolute atomic E-state index is 14.3. The first-order chi connectivity index (χ1) is 19.9. The van der Waals surface area contributed by atoms with E-state index in [0.717, 1.165) is 0 Å². The number of esters is 1. The summed E-state index contributed by atoms with van der Waals surface area (Å²) in [6.45, 7) is 3.09. The normalized spacial score (nSPS) is 15.5. The number of nitro groups is 1. The number of hydrogen-bond donors (Lipinski definition) is 0. The summed E-state index contributed by atoms with van der Waals surface area (Å²) in [5, 5.41) is 11.4. The molecule has 0 saturated carbocycles. The van der Waals surface area contributed by atoms with Gasteiger partial charge in [-0.2, -0.15) is 0 Å². The second kappa shape index (κ2) is 12.2. The van der Waals surface area contributed by atoms with E-state index in [1.807, 2.05) is 37.3 Å². The zero-order valence-electron chi connectivity index (χ0n) is 22.3. The second-order valence-electron chi connectivity index (χ2n) is 9.57. The average Bonchev–Trinajstić information content (AvgIpc) is 2.99. The fourth-order valence-corrected chi connectivity index (χ4v) is 4.83. The van der Waals surface area contributed by atoms with Crippen molar-refractivity contribution in [2.24, 2.45) is 0 Å². The van der Waals surface area contributed by atoms with Crippen molar-refractivity contribution in [2.45, 2.75) is 25.0 Å². The van der Waals surface area contributed by atoms with E-state index in [0.29, 0.717) is 48.0 Å². The lowest BCUT2D eigenvalue weighted by molar-refractivity contribution is -0.384. The Kier molecular flexibility index (Phi) is 8.26.